The van der Waals surface area contributed by atoms with Gasteiger partial charge in [0.1, 0.15) is 5.75 Å². The van der Waals surface area contributed by atoms with Crippen LogP contribution in [0.5, 0.6) is 5.75 Å². The molecule has 2 rings (SSSR count). The van der Waals surface area contributed by atoms with Crippen molar-refractivity contribution in [2.24, 2.45) is 5.92 Å². The summed E-state index contributed by atoms with van der Waals surface area (Å²) in [6.07, 6.45) is 0. The fraction of sp³-hybridized carbons (Fsp3) is 0.650. The second-order valence-electron chi connectivity index (χ2n) is 7.73. The first-order valence-electron chi connectivity index (χ1n) is 9.34. The lowest BCUT2D eigenvalue weighted by atomic mass is 9.96. The number of hydrogen-bond donors (Lipinski definition) is 2. The van der Waals surface area contributed by atoms with E-state index in [2.05, 4.69) is 43.2 Å². The molecule has 2 amide bonds. The van der Waals surface area contributed by atoms with Crippen molar-refractivity contribution in [1.29, 1.82) is 0 Å². The van der Waals surface area contributed by atoms with Crippen LogP contribution in [0.4, 0.5) is 4.79 Å². The SMILES string of the molecule is COc1ccc([C@H](NC(=O)NCC(C)(C)N2CCOCC2)C(C)C)cc1. The van der Waals surface area contributed by atoms with E-state index in [4.69, 9.17) is 9.47 Å². The number of rotatable bonds is 7. The van der Waals surface area contributed by atoms with Crippen molar-refractivity contribution in [3.8, 4) is 5.75 Å². The summed E-state index contributed by atoms with van der Waals surface area (Å²) in [7, 11) is 1.65. The molecule has 1 aliphatic rings. The van der Waals surface area contributed by atoms with Crippen LogP contribution in [0, 0.1) is 5.92 Å². The quantitative estimate of drug-likeness (QED) is 0.782. The molecule has 1 heterocycles. The van der Waals surface area contributed by atoms with E-state index >= 15 is 0 Å². The van der Waals surface area contributed by atoms with E-state index in [9.17, 15) is 4.79 Å². The van der Waals surface area contributed by atoms with Gasteiger partial charge in [0, 0.05) is 25.2 Å². The molecule has 146 valence electrons. The molecule has 1 saturated heterocycles. The summed E-state index contributed by atoms with van der Waals surface area (Å²) in [5.74, 6) is 1.09. The molecule has 2 N–H and O–H groups in total. The molecule has 6 nitrogen and oxygen atoms in total. The first-order valence-corrected chi connectivity index (χ1v) is 9.34. The monoisotopic (exact) mass is 363 g/mol. The maximum absolute atomic E-state index is 12.5. The van der Waals surface area contributed by atoms with Gasteiger partial charge < -0.3 is 20.1 Å². The molecule has 0 radical (unpaired) electrons. The number of amides is 2. The van der Waals surface area contributed by atoms with Crippen LogP contribution in [-0.2, 0) is 4.74 Å². The lowest BCUT2D eigenvalue weighted by Crippen LogP contribution is -2.56. The lowest BCUT2D eigenvalue weighted by molar-refractivity contribution is -0.00877. The summed E-state index contributed by atoms with van der Waals surface area (Å²) in [5, 5.41) is 6.15. The van der Waals surface area contributed by atoms with Gasteiger partial charge >= 0.3 is 6.03 Å². The van der Waals surface area contributed by atoms with Gasteiger partial charge in [0.2, 0.25) is 0 Å². The Morgan fingerprint density at radius 2 is 1.85 bits per heavy atom. The Balaban J connectivity index is 1.92. The topological polar surface area (TPSA) is 62.8 Å². The highest BCUT2D eigenvalue weighted by atomic mass is 16.5. The Hall–Kier alpha value is -1.79. The van der Waals surface area contributed by atoms with Crippen LogP contribution < -0.4 is 15.4 Å². The van der Waals surface area contributed by atoms with E-state index in [1.807, 2.05) is 24.3 Å². The van der Waals surface area contributed by atoms with E-state index in [0.29, 0.717) is 6.54 Å². The molecule has 0 bridgehead atoms. The molecule has 1 atom stereocenters. The zero-order valence-corrected chi connectivity index (χ0v) is 16.7. The van der Waals surface area contributed by atoms with Crippen molar-refractivity contribution in [2.75, 3.05) is 40.0 Å². The highest BCUT2D eigenvalue weighted by Crippen LogP contribution is 2.24. The summed E-state index contributed by atoms with van der Waals surface area (Å²) in [4.78, 5) is 14.9. The van der Waals surface area contributed by atoms with E-state index < -0.39 is 0 Å². The maximum Gasteiger partial charge on any atom is 0.315 e. The third kappa shape index (κ3) is 5.61. The molecule has 1 aromatic rings. The van der Waals surface area contributed by atoms with Crippen molar-refractivity contribution in [2.45, 2.75) is 39.3 Å². The summed E-state index contributed by atoms with van der Waals surface area (Å²) >= 11 is 0. The lowest BCUT2D eigenvalue weighted by Gasteiger charge is -2.41. The molecule has 26 heavy (non-hydrogen) atoms. The standard InChI is InChI=1S/C20H33N3O3/c1-15(2)18(16-6-8-17(25-5)9-7-16)22-19(24)21-14-20(3,4)23-10-12-26-13-11-23/h6-9,15,18H,10-14H2,1-5H3,(H2,21,22,24)/t18-/m1/s1. The summed E-state index contributed by atoms with van der Waals surface area (Å²) in [5.41, 5.74) is 0.970. The number of urea groups is 1. The molecule has 1 aliphatic heterocycles. The minimum Gasteiger partial charge on any atom is -0.497 e. The number of morpholine rings is 1. The van der Waals surface area contributed by atoms with Gasteiger partial charge in [-0.25, -0.2) is 4.79 Å². The molecule has 1 aromatic carbocycles. The Bertz CT molecular complexity index is 566. The molecule has 0 spiro atoms. The van der Waals surface area contributed by atoms with Crippen molar-refractivity contribution in [3.05, 3.63) is 29.8 Å². The molecular weight excluding hydrogens is 330 g/mol. The Morgan fingerprint density at radius 1 is 1.23 bits per heavy atom. The van der Waals surface area contributed by atoms with Gasteiger partial charge in [-0.2, -0.15) is 0 Å². The Morgan fingerprint density at radius 3 is 2.38 bits per heavy atom. The molecule has 0 unspecified atom stereocenters. The number of hydrogen-bond acceptors (Lipinski definition) is 4. The fourth-order valence-corrected chi connectivity index (χ4v) is 3.22. The van der Waals surface area contributed by atoms with Gasteiger partial charge in [-0.1, -0.05) is 26.0 Å². The zero-order chi connectivity index (χ0) is 19.2. The normalized spacial score (nSPS) is 17.0. The van der Waals surface area contributed by atoms with Gasteiger partial charge in [-0.05, 0) is 37.5 Å². The molecule has 0 aliphatic carbocycles. The Kier molecular flexibility index (Phi) is 7.29. The highest BCUT2D eigenvalue weighted by molar-refractivity contribution is 5.74. The van der Waals surface area contributed by atoms with Crippen LogP contribution >= 0.6 is 0 Å². The summed E-state index contributed by atoms with van der Waals surface area (Å²) in [6.45, 7) is 12.4. The number of carbonyl (C=O) groups is 1. The highest BCUT2D eigenvalue weighted by Gasteiger charge is 2.29. The van der Waals surface area contributed by atoms with Crippen molar-refractivity contribution >= 4 is 6.03 Å². The third-order valence-electron chi connectivity index (χ3n) is 4.98. The van der Waals surface area contributed by atoms with E-state index in [1.165, 1.54) is 0 Å². The molecule has 6 heteroatoms. The number of nitrogens with one attached hydrogen (secondary N) is 2. The largest absolute Gasteiger partial charge is 0.497 e. The number of carbonyl (C=O) groups excluding carboxylic acids is 1. The molecular formula is C20H33N3O3. The average molecular weight is 364 g/mol. The predicted molar refractivity (Wildman–Crippen MR) is 104 cm³/mol. The van der Waals surface area contributed by atoms with Crippen LogP contribution in [0.15, 0.2) is 24.3 Å². The number of ether oxygens (including phenoxy) is 2. The minimum atomic E-state index is -0.138. The van der Waals surface area contributed by atoms with Gasteiger partial charge in [-0.3, -0.25) is 4.90 Å². The predicted octanol–water partition coefficient (Wildman–Crippen LogP) is 2.80. The van der Waals surface area contributed by atoms with Crippen molar-refractivity contribution < 1.29 is 14.3 Å². The minimum absolute atomic E-state index is 0.0487. The van der Waals surface area contributed by atoms with Gasteiger partial charge in [-0.15, -0.1) is 0 Å². The van der Waals surface area contributed by atoms with Crippen LogP contribution in [0.2, 0.25) is 0 Å². The second kappa shape index (κ2) is 9.24. The van der Waals surface area contributed by atoms with Gasteiger partial charge in [0.15, 0.2) is 0 Å². The molecule has 0 saturated carbocycles. The molecule has 0 aromatic heterocycles. The maximum atomic E-state index is 12.5. The fourth-order valence-electron chi connectivity index (χ4n) is 3.22. The smallest absolute Gasteiger partial charge is 0.315 e. The Labute approximate surface area is 157 Å². The van der Waals surface area contributed by atoms with E-state index in [-0.39, 0.29) is 23.5 Å². The molecule has 1 fully saturated rings. The summed E-state index contributed by atoms with van der Waals surface area (Å²) in [6, 6.07) is 7.66. The second-order valence-corrected chi connectivity index (χ2v) is 7.73. The van der Waals surface area contributed by atoms with E-state index in [0.717, 1.165) is 37.6 Å². The van der Waals surface area contributed by atoms with Crippen LogP contribution in [0.1, 0.15) is 39.3 Å². The van der Waals surface area contributed by atoms with E-state index in [1.54, 1.807) is 7.11 Å². The van der Waals surface area contributed by atoms with Crippen LogP contribution in [0.25, 0.3) is 0 Å². The first-order chi connectivity index (χ1) is 12.3. The average Bonchev–Trinajstić information content (AvgIpc) is 2.65. The van der Waals surface area contributed by atoms with Crippen LogP contribution in [-0.4, -0.2) is 56.4 Å². The number of methoxy groups -OCH3 is 1. The third-order valence-corrected chi connectivity index (χ3v) is 4.98. The van der Waals surface area contributed by atoms with Gasteiger partial charge in [0.25, 0.3) is 0 Å². The van der Waals surface area contributed by atoms with Gasteiger partial charge in [0.05, 0.1) is 26.4 Å². The van der Waals surface area contributed by atoms with Crippen molar-refractivity contribution in [1.82, 2.24) is 15.5 Å². The van der Waals surface area contributed by atoms with Crippen molar-refractivity contribution in [3.63, 3.8) is 0 Å². The number of nitrogens with zero attached hydrogens (tertiary/aromatic N) is 1. The number of benzene rings is 1. The first kappa shape index (κ1) is 20.5. The zero-order valence-electron chi connectivity index (χ0n) is 16.7. The van der Waals surface area contributed by atoms with Crippen LogP contribution in [0.3, 0.4) is 0 Å². The summed E-state index contributed by atoms with van der Waals surface area (Å²) < 4.78 is 10.6.